The van der Waals surface area contributed by atoms with E-state index in [2.05, 4.69) is 41.5 Å². The lowest BCUT2D eigenvalue weighted by molar-refractivity contribution is -0.151. The van der Waals surface area contributed by atoms with Gasteiger partial charge in [-0.05, 0) is 18.8 Å². The van der Waals surface area contributed by atoms with Gasteiger partial charge in [0.05, 0.1) is 21.1 Å². The van der Waals surface area contributed by atoms with Crippen molar-refractivity contribution in [3.05, 3.63) is 0 Å². The number of carbonyl (C=O) groups is 1. The van der Waals surface area contributed by atoms with E-state index in [1.54, 1.807) is 0 Å². The molecule has 0 aliphatic heterocycles. The molecule has 1 aliphatic rings. The molecule has 0 amide bonds. The Kier molecular flexibility index (Phi) is 5.66. The third kappa shape index (κ3) is 3.06. The summed E-state index contributed by atoms with van der Waals surface area (Å²) in [5, 5.41) is 0. The first-order chi connectivity index (χ1) is 8.77. The van der Waals surface area contributed by atoms with Crippen LogP contribution in [0.25, 0.3) is 0 Å². The van der Waals surface area contributed by atoms with E-state index < -0.39 is 8.07 Å². The minimum atomic E-state index is -1.37. The molecule has 1 fully saturated rings. The van der Waals surface area contributed by atoms with Crippen LogP contribution in [-0.2, 0) is 9.53 Å². The number of ether oxygens (including phenoxy) is 1. The van der Waals surface area contributed by atoms with Crippen molar-refractivity contribution in [3.63, 3.8) is 0 Å². The molecule has 112 valence electrons. The molecule has 1 saturated carbocycles. The first-order valence-corrected chi connectivity index (χ1v) is 10.3. The summed E-state index contributed by atoms with van der Waals surface area (Å²) in [7, 11) is 0.155. The summed E-state index contributed by atoms with van der Waals surface area (Å²) in [6.07, 6.45) is 2.26. The first kappa shape index (κ1) is 16.7. The molecule has 3 heteroatoms. The van der Waals surface area contributed by atoms with Gasteiger partial charge in [0.25, 0.3) is 0 Å². The van der Waals surface area contributed by atoms with Gasteiger partial charge in [-0.15, -0.1) is 0 Å². The van der Waals surface area contributed by atoms with Crippen molar-refractivity contribution < 1.29 is 9.53 Å². The fraction of sp³-hybridized carbons (Fsp3) is 0.938. The normalized spacial score (nSPS) is 23.9. The highest BCUT2D eigenvalue weighted by molar-refractivity contribution is 6.83. The molecule has 2 nitrogen and oxygen atoms in total. The largest absolute Gasteiger partial charge is 0.469 e. The molecule has 0 radical (unpaired) electrons. The van der Waals surface area contributed by atoms with E-state index in [-0.39, 0.29) is 11.9 Å². The zero-order valence-electron chi connectivity index (χ0n) is 13.8. The van der Waals surface area contributed by atoms with Crippen LogP contribution in [-0.4, -0.2) is 21.2 Å². The van der Waals surface area contributed by atoms with Crippen LogP contribution in [0.15, 0.2) is 0 Å². The second-order valence-electron chi connectivity index (χ2n) is 7.25. The average molecular weight is 285 g/mol. The second kappa shape index (κ2) is 6.42. The summed E-state index contributed by atoms with van der Waals surface area (Å²) in [5.41, 5.74) is 2.35. The summed E-state index contributed by atoms with van der Waals surface area (Å²) in [6, 6.07) is 1.31. The van der Waals surface area contributed by atoms with E-state index in [4.69, 9.17) is 4.74 Å². The van der Waals surface area contributed by atoms with E-state index in [0.717, 1.165) is 23.0 Å². The van der Waals surface area contributed by atoms with Crippen LogP contribution in [0.4, 0.5) is 0 Å². The number of carbonyl (C=O) groups excluding carboxylic acids is 1. The molecule has 0 aromatic rings. The van der Waals surface area contributed by atoms with Crippen molar-refractivity contribution >= 4 is 14.0 Å². The van der Waals surface area contributed by atoms with Crippen LogP contribution in [0.3, 0.4) is 0 Å². The summed E-state index contributed by atoms with van der Waals surface area (Å²) in [4.78, 5) is 11.8. The number of esters is 1. The average Bonchev–Trinajstić information content (AvgIpc) is 2.26. The van der Waals surface area contributed by atoms with Gasteiger partial charge in [-0.25, -0.2) is 0 Å². The predicted molar refractivity (Wildman–Crippen MR) is 84.1 cm³/mol. The lowest BCUT2D eigenvalue weighted by atomic mass is 9.75. The maximum absolute atomic E-state index is 11.8. The third-order valence-corrected chi connectivity index (χ3v) is 13.4. The third-order valence-electron chi connectivity index (χ3n) is 5.76. The van der Waals surface area contributed by atoms with Gasteiger partial charge in [0.15, 0.2) is 0 Å². The topological polar surface area (TPSA) is 26.3 Å². The SMILES string of the molecule is COC(=O)[C@H]1CC[C@@H]1C[Si](C(C)C)(C(C)C)C(C)C. The van der Waals surface area contributed by atoms with E-state index in [0.29, 0.717) is 5.92 Å². The van der Waals surface area contributed by atoms with Crippen molar-refractivity contribution in [2.24, 2.45) is 11.8 Å². The van der Waals surface area contributed by atoms with Crippen LogP contribution in [0, 0.1) is 11.8 Å². The smallest absolute Gasteiger partial charge is 0.308 e. The van der Waals surface area contributed by atoms with Gasteiger partial charge >= 0.3 is 5.97 Å². The highest BCUT2D eigenvalue weighted by Crippen LogP contribution is 2.51. The molecular weight excluding hydrogens is 252 g/mol. The highest BCUT2D eigenvalue weighted by atomic mass is 28.3. The van der Waals surface area contributed by atoms with Gasteiger partial charge in [0, 0.05) is 0 Å². The fourth-order valence-electron chi connectivity index (χ4n) is 4.44. The van der Waals surface area contributed by atoms with Crippen molar-refractivity contribution in [3.8, 4) is 0 Å². The monoisotopic (exact) mass is 284 g/mol. The fourth-order valence-corrected chi connectivity index (χ4v) is 11.2. The zero-order valence-corrected chi connectivity index (χ0v) is 14.8. The van der Waals surface area contributed by atoms with Crippen molar-refractivity contribution in [2.75, 3.05) is 7.11 Å². The van der Waals surface area contributed by atoms with E-state index >= 15 is 0 Å². The molecule has 0 aromatic carbocycles. The lowest BCUT2D eigenvalue weighted by Crippen LogP contribution is -2.49. The van der Waals surface area contributed by atoms with Crippen LogP contribution in [0.5, 0.6) is 0 Å². The maximum atomic E-state index is 11.8. The number of hydrogen-bond donors (Lipinski definition) is 0. The lowest BCUT2D eigenvalue weighted by Gasteiger charge is -2.48. The molecule has 0 unspecified atom stereocenters. The second-order valence-corrected chi connectivity index (χ2v) is 13.3. The number of hydrogen-bond acceptors (Lipinski definition) is 2. The van der Waals surface area contributed by atoms with E-state index in [1.807, 2.05) is 0 Å². The van der Waals surface area contributed by atoms with Gasteiger partial charge in [-0.3, -0.25) is 4.79 Å². The zero-order chi connectivity index (χ0) is 14.8. The summed E-state index contributed by atoms with van der Waals surface area (Å²) in [5.74, 6) is 0.801. The molecule has 0 N–H and O–H groups in total. The van der Waals surface area contributed by atoms with Gasteiger partial charge < -0.3 is 4.74 Å². The molecule has 1 rings (SSSR count). The molecule has 2 atom stereocenters. The molecule has 0 bridgehead atoms. The Morgan fingerprint density at radius 1 is 1.05 bits per heavy atom. The Hall–Kier alpha value is -0.313. The molecule has 0 saturated heterocycles. The van der Waals surface area contributed by atoms with Crippen LogP contribution >= 0.6 is 0 Å². The van der Waals surface area contributed by atoms with Crippen LogP contribution in [0.1, 0.15) is 54.4 Å². The van der Waals surface area contributed by atoms with Crippen LogP contribution in [0.2, 0.25) is 22.7 Å². The Labute approximate surface area is 120 Å². The number of methoxy groups -OCH3 is 1. The van der Waals surface area contributed by atoms with Crippen molar-refractivity contribution in [2.45, 2.75) is 77.1 Å². The minimum absolute atomic E-state index is 0.0235. The first-order valence-electron chi connectivity index (χ1n) is 7.85. The minimum Gasteiger partial charge on any atom is -0.469 e. The van der Waals surface area contributed by atoms with Gasteiger partial charge in [0.2, 0.25) is 0 Å². The molecular formula is C16H32O2Si. The Bertz CT molecular complexity index is 288. The Balaban J connectivity index is 2.87. The summed E-state index contributed by atoms with van der Waals surface area (Å²) < 4.78 is 4.96. The Morgan fingerprint density at radius 2 is 1.53 bits per heavy atom. The molecule has 0 spiro atoms. The van der Waals surface area contributed by atoms with Gasteiger partial charge in [0.1, 0.15) is 0 Å². The molecule has 0 aromatic heterocycles. The summed E-state index contributed by atoms with van der Waals surface area (Å²) in [6.45, 7) is 14.4. The van der Waals surface area contributed by atoms with Crippen molar-refractivity contribution in [1.29, 1.82) is 0 Å². The standard InChI is InChI=1S/C16H32O2Si/c1-11(2)19(12(3)4,13(5)6)10-14-8-9-15(14)16(17)18-7/h11-15H,8-10H2,1-7H3/t14-,15+/m1/s1. The van der Waals surface area contributed by atoms with E-state index in [9.17, 15) is 4.79 Å². The predicted octanol–water partition coefficient (Wildman–Crippen LogP) is 4.86. The maximum Gasteiger partial charge on any atom is 0.308 e. The summed E-state index contributed by atoms with van der Waals surface area (Å²) >= 11 is 0. The molecule has 0 heterocycles. The highest BCUT2D eigenvalue weighted by Gasteiger charge is 2.48. The van der Waals surface area contributed by atoms with Crippen molar-refractivity contribution in [1.82, 2.24) is 0 Å². The van der Waals surface area contributed by atoms with Crippen LogP contribution < -0.4 is 0 Å². The quantitative estimate of drug-likeness (QED) is 0.514. The van der Waals surface area contributed by atoms with Gasteiger partial charge in [-0.2, -0.15) is 0 Å². The number of rotatable bonds is 6. The molecule has 1 aliphatic carbocycles. The van der Waals surface area contributed by atoms with E-state index in [1.165, 1.54) is 19.6 Å². The molecule has 19 heavy (non-hydrogen) atoms. The Morgan fingerprint density at radius 3 is 1.79 bits per heavy atom. The van der Waals surface area contributed by atoms with Gasteiger partial charge in [-0.1, -0.05) is 64.2 Å².